The maximum absolute atomic E-state index is 15.5. The van der Waals surface area contributed by atoms with E-state index in [1.807, 2.05) is 0 Å². The van der Waals surface area contributed by atoms with Gasteiger partial charge in [0.1, 0.15) is 11.9 Å². The van der Waals surface area contributed by atoms with E-state index in [0.717, 1.165) is 38.2 Å². The number of benzene rings is 1. The van der Waals surface area contributed by atoms with Crippen LogP contribution in [0.5, 0.6) is 11.6 Å². The molecule has 0 unspecified atom stereocenters. The van der Waals surface area contributed by atoms with Crippen LogP contribution in [0.2, 0.25) is 0 Å². The third kappa shape index (κ3) is 4.34. The van der Waals surface area contributed by atoms with E-state index in [1.54, 1.807) is 18.3 Å². The number of aromatic hydroxyl groups is 1. The number of nitrogens with one attached hydrogen (secondary N) is 1. The van der Waals surface area contributed by atoms with Crippen molar-refractivity contribution in [3.63, 3.8) is 0 Å². The number of aromatic nitrogens is 4. The van der Waals surface area contributed by atoms with Crippen molar-refractivity contribution in [1.82, 2.24) is 25.5 Å². The van der Waals surface area contributed by atoms with Gasteiger partial charge in [0.25, 0.3) is 0 Å². The molecular formula is C26H28F2N6O2. The Kier molecular flexibility index (Phi) is 5.07. The molecule has 1 aliphatic carbocycles. The van der Waals surface area contributed by atoms with Gasteiger partial charge in [-0.3, -0.25) is 0 Å². The van der Waals surface area contributed by atoms with Crippen molar-refractivity contribution in [2.24, 2.45) is 0 Å². The number of hydrogen-bond acceptors (Lipinski definition) is 8. The van der Waals surface area contributed by atoms with Crippen molar-refractivity contribution < 1.29 is 22.7 Å². The summed E-state index contributed by atoms with van der Waals surface area (Å²) in [4.78, 5) is 9.95. The molecular weight excluding hydrogens is 466 g/mol. The maximum Gasteiger partial charge on any atom is 0.216 e. The van der Waals surface area contributed by atoms with Crippen molar-refractivity contribution in [2.45, 2.75) is 68.9 Å². The van der Waals surface area contributed by atoms with E-state index in [0.29, 0.717) is 29.4 Å². The van der Waals surface area contributed by atoms with Crippen LogP contribution in [0.25, 0.3) is 22.5 Å². The van der Waals surface area contributed by atoms with Gasteiger partial charge in [-0.15, -0.1) is 10.2 Å². The van der Waals surface area contributed by atoms with Gasteiger partial charge in [0.15, 0.2) is 11.6 Å². The van der Waals surface area contributed by atoms with Crippen LogP contribution in [-0.4, -0.2) is 62.6 Å². The molecule has 10 heteroatoms. The van der Waals surface area contributed by atoms with E-state index < -0.39 is 25.0 Å². The highest BCUT2D eigenvalue weighted by Gasteiger charge is 2.46. The number of hydrogen-bond donors (Lipinski definition) is 2. The Hall–Kier alpha value is -3.40. The molecule has 188 valence electrons. The smallest absolute Gasteiger partial charge is 0.216 e. The summed E-state index contributed by atoms with van der Waals surface area (Å²) in [6.07, 6.45) is 6.19. The molecule has 3 fully saturated rings. The van der Waals surface area contributed by atoms with Crippen LogP contribution in [0, 0.1) is 5.95 Å². The second-order valence-electron chi connectivity index (χ2n) is 9.78. The first-order valence-electron chi connectivity index (χ1n) is 13.7. The molecule has 1 aromatic carbocycles. The first-order valence-corrected chi connectivity index (χ1v) is 12.2. The fourth-order valence-corrected chi connectivity index (χ4v) is 5.53. The minimum Gasteiger partial charge on any atom is -0.507 e. The molecule has 3 aromatic rings. The first-order chi connectivity index (χ1) is 18.6. The van der Waals surface area contributed by atoms with Crippen molar-refractivity contribution >= 4 is 5.82 Å². The number of pyridine rings is 1. The fraction of sp³-hybridized carbons (Fsp3) is 0.462. The quantitative estimate of drug-likeness (QED) is 0.493. The number of phenolic OH excluding ortho intramolecular Hbond substituents is 1. The number of nitrogens with zero attached hydrogens (tertiary/aromatic N) is 5. The van der Waals surface area contributed by atoms with Crippen LogP contribution in [0.3, 0.4) is 0 Å². The van der Waals surface area contributed by atoms with Crippen molar-refractivity contribution in [3.8, 4) is 34.1 Å². The van der Waals surface area contributed by atoms with E-state index in [-0.39, 0.29) is 35.3 Å². The summed E-state index contributed by atoms with van der Waals surface area (Å²) in [5.74, 6) is -0.785. The number of ether oxygens (including phenoxy) is 1. The standard InChI is InChI=1S/C26H28F2N6O2/c1-36-24-11-15(10-22(27)31-24)14-5-8-18(21(35)9-14)26-29-13-23(32-33-26)34(17-6-7-17)20-12-16-3-2-4-19(30-16)25(20)28/h5,8-11,13,16-17,19-20,25,30,35H,2-4,6-7,12H2,1H3/t16-,19-,20-,25+/m0/s1/i1D3. The summed E-state index contributed by atoms with van der Waals surface area (Å²) in [7, 11) is -2.78. The lowest BCUT2D eigenvalue weighted by Crippen LogP contribution is -2.62. The van der Waals surface area contributed by atoms with Crippen LogP contribution in [0.1, 0.15) is 42.6 Å². The average Bonchev–Trinajstić information content (AvgIpc) is 3.72. The van der Waals surface area contributed by atoms with E-state index in [4.69, 9.17) is 8.85 Å². The minimum atomic E-state index is -2.78. The predicted molar refractivity (Wildman–Crippen MR) is 130 cm³/mol. The number of halogens is 2. The Labute approximate surface area is 212 Å². The molecule has 0 amide bonds. The van der Waals surface area contributed by atoms with Crippen molar-refractivity contribution in [3.05, 3.63) is 42.5 Å². The van der Waals surface area contributed by atoms with Gasteiger partial charge in [-0.1, -0.05) is 12.5 Å². The zero-order valence-electron chi connectivity index (χ0n) is 22.4. The number of piperidine rings is 2. The largest absolute Gasteiger partial charge is 0.507 e. The molecule has 2 saturated heterocycles. The molecule has 2 aliphatic heterocycles. The molecule has 0 spiro atoms. The molecule has 2 N–H and O–H groups in total. The lowest BCUT2D eigenvalue weighted by atomic mass is 9.82. The summed E-state index contributed by atoms with van der Waals surface area (Å²) in [6.45, 7) is 0. The summed E-state index contributed by atoms with van der Waals surface area (Å²) >= 11 is 0. The Morgan fingerprint density at radius 2 is 2.03 bits per heavy atom. The maximum atomic E-state index is 15.5. The highest BCUT2D eigenvalue weighted by atomic mass is 19.1. The molecule has 4 heterocycles. The molecule has 0 radical (unpaired) electrons. The number of methoxy groups -OCH3 is 1. The molecule has 3 aliphatic rings. The Morgan fingerprint density at radius 1 is 1.14 bits per heavy atom. The Morgan fingerprint density at radius 3 is 2.78 bits per heavy atom. The second kappa shape index (κ2) is 9.24. The third-order valence-corrected chi connectivity index (χ3v) is 7.35. The van der Waals surface area contributed by atoms with Crippen LogP contribution >= 0.6 is 0 Å². The number of alkyl halides is 1. The molecule has 4 atom stereocenters. The van der Waals surface area contributed by atoms with Crippen LogP contribution in [0.15, 0.2) is 36.5 Å². The van der Waals surface area contributed by atoms with Crippen LogP contribution < -0.4 is 15.0 Å². The highest BCUT2D eigenvalue weighted by Crippen LogP contribution is 2.39. The van der Waals surface area contributed by atoms with Crippen molar-refractivity contribution in [2.75, 3.05) is 11.9 Å². The zero-order valence-corrected chi connectivity index (χ0v) is 19.4. The van der Waals surface area contributed by atoms with Gasteiger partial charge < -0.3 is 20.1 Å². The SMILES string of the molecule is [2H]C([2H])([2H])Oc1cc(-c2ccc(-c3ncc(N(C4CC4)[C@H]4C[C@@H]5CCC[C@H](N5)[C@H]4F)nn3)c(O)c2)cc(F)n1. The fourth-order valence-electron chi connectivity index (χ4n) is 5.53. The molecule has 8 nitrogen and oxygen atoms in total. The first kappa shape index (κ1) is 19.7. The number of phenols is 1. The van der Waals surface area contributed by atoms with E-state index >= 15 is 4.39 Å². The number of rotatable bonds is 6. The summed E-state index contributed by atoms with van der Waals surface area (Å²) in [5.41, 5.74) is 0.984. The molecule has 2 aromatic heterocycles. The summed E-state index contributed by atoms with van der Waals surface area (Å²) in [6, 6.07) is 7.06. The molecule has 6 rings (SSSR count). The van der Waals surface area contributed by atoms with Gasteiger partial charge in [-0.25, -0.2) is 9.37 Å². The molecule has 36 heavy (non-hydrogen) atoms. The van der Waals surface area contributed by atoms with Gasteiger partial charge >= 0.3 is 0 Å². The minimum absolute atomic E-state index is 0.135. The van der Waals surface area contributed by atoms with Crippen LogP contribution in [0.4, 0.5) is 14.6 Å². The topological polar surface area (TPSA) is 96.3 Å². The van der Waals surface area contributed by atoms with Gasteiger partial charge in [0, 0.05) is 30.3 Å². The van der Waals surface area contributed by atoms with Gasteiger partial charge in [-0.05, 0) is 55.4 Å². The van der Waals surface area contributed by atoms with E-state index in [9.17, 15) is 9.50 Å². The third-order valence-electron chi connectivity index (χ3n) is 7.35. The van der Waals surface area contributed by atoms with E-state index in [1.165, 1.54) is 12.1 Å². The number of anilines is 1. The Balaban J connectivity index is 1.24. The van der Waals surface area contributed by atoms with Gasteiger partial charge in [-0.2, -0.15) is 9.37 Å². The van der Waals surface area contributed by atoms with Crippen LogP contribution in [-0.2, 0) is 0 Å². The zero-order chi connectivity index (χ0) is 27.3. The predicted octanol–water partition coefficient (Wildman–Crippen LogP) is 4.04. The van der Waals surface area contributed by atoms with E-state index in [2.05, 4.69) is 30.4 Å². The molecule has 2 bridgehead atoms. The normalized spacial score (nSPS) is 27.0. The van der Waals surface area contributed by atoms with Crippen molar-refractivity contribution in [1.29, 1.82) is 0 Å². The lowest BCUT2D eigenvalue weighted by molar-refractivity contribution is 0.104. The average molecular weight is 498 g/mol. The van der Waals surface area contributed by atoms with Gasteiger partial charge in [0.2, 0.25) is 11.8 Å². The lowest BCUT2D eigenvalue weighted by Gasteiger charge is -2.47. The summed E-state index contributed by atoms with van der Waals surface area (Å²) in [5, 5.41) is 22.8. The summed E-state index contributed by atoms with van der Waals surface area (Å²) < 4.78 is 55.8. The highest BCUT2D eigenvalue weighted by molar-refractivity contribution is 5.73. The number of fused-ring (bicyclic) bond motifs is 2. The van der Waals surface area contributed by atoms with Gasteiger partial charge in [0.05, 0.1) is 29.0 Å². The second-order valence-corrected chi connectivity index (χ2v) is 9.78. The molecule has 1 saturated carbocycles. The monoisotopic (exact) mass is 497 g/mol. The Bertz CT molecular complexity index is 1360.